The first-order valence-electron chi connectivity index (χ1n) is 7.96. The van der Waals surface area contributed by atoms with Gasteiger partial charge < -0.3 is 16.0 Å². The molecule has 1 aromatic heterocycles. The van der Waals surface area contributed by atoms with Crippen LogP contribution in [0.15, 0.2) is 83.1 Å². The van der Waals surface area contributed by atoms with Crippen LogP contribution < -0.4 is 11.5 Å². The van der Waals surface area contributed by atoms with Crippen molar-refractivity contribution in [1.82, 2.24) is 4.57 Å². The van der Waals surface area contributed by atoms with Gasteiger partial charge >= 0.3 is 0 Å². The van der Waals surface area contributed by atoms with Crippen molar-refractivity contribution in [2.45, 2.75) is 0 Å². The van der Waals surface area contributed by atoms with E-state index in [1.54, 1.807) is 6.08 Å². The average molecular weight is 364 g/mol. The molecule has 0 saturated carbocycles. The lowest BCUT2D eigenvalue weighted by molar-refractivity contribution is 1.06. The fourth-order valence-corrected chi connectivity index (χ4v) is 2.73. The number of hydrogen-bond donors (Lipinski definition) is 2. The Morgan fingerprint density at radius 3 is 2.35 bits per heavy atom. The van der Waals surface area contributed by atoms with Gasteiger partial charge in [0.05, 0.1) is 5.02 Å². The number of nitrogens with two attached hydrogens (primary N) is 2. The van der Waals surface area contributed by atoms with Crippen molar-refractivity contribution in [3.63, 3.8) is 0 Å². The zero-order valence-corrected chi connectivity index (χ0v) is 14.7. The van der Waals surface area contributed by atoms with Crippen LogP contribution in [-0.2, 0) is 0 Å². The van der Waals surface area contributed by atoms with E-state index in [1.165, 1.54) is 11.8 Å². The predicted molar refractivity (Wildman–Crippen MR) is 110 cm³/mol. The molecule has 3 rings (SSSR count). The van der Waals surface area contributed by atoms with E-state index in [9.17, 15) is 0 Å². The molecule has 0 aliphatic heterocycles. The molecule has 0 amide bonds. The molecule has 0 spiro atoms. The van der Waals surface area contributed by atoms with Gasteiger partial charge in [-0.05, 0) is 41.5 Å². The zero-order valence-electron chi connectivity index (χ0n) is 14.0. The SMILES string of the molecule is NC(N)=N/N=C/C=C/c1cc(Cl)cn1-c1ccc(-c2ccccc2)cc1. The van der Waals surface area contributed by atoms with E-state index in [1.807, 2.05) is 41.1 Å². The maximum Gasteiger partial charge on any atom is 0.211 e. The second-order valence-corrected chi connectivity index (χ2v) is 5.95. The highest BCUT2D eigenvalue weighted by molar-refractivity contribution is 6.30. The summed E-state index contributed by atoms with van der Waals surface area (Å²) in [6.45, 7) is 0. The van der Waals surface area contributed by atoms with Crippen LogP contribution in [0, 0.1) is 0 Å². The molecule has 26 heavy (non-hydrogen) atoms. The van der Waals surface area contributed by atoms with E-state index >= 15 is 0 Å². The number of aromatic nitrogens is 1. The molecule has 0 unspecified atom stereocenters. The monoisotopic (exact) mass is 363 g/mol. The van der Waals surface area contributed by atoms with Gasteiger partial charge in [-0.3, -0.25) is 0 Å². The van der Waals surface area contributed by atoms with E-state index in [4.69, 9.17) is 23.1 Å². The molecule has 130 valence electrons. The molecule has 3 aromatic rings. The summed E-state index contributed by atoms with van der Waals surface area (Å²) in [4.78, 5) is 0. The number of guanidine groups is 1. The lowest BCUT2D eigenvalue weighted by atomic mass is 10.1. The fraction of sp³-hybridized carbons (Fsp3) is 0. The first-order valence-corrected chi connectivity index (χ1v) is 8.33. The van der Waals surface area contributed by atoms with Gasteiger partial charge in [0.15, 0.2) is 0 Å². The summed E-state index contributed by atoms with van der Waals surface area (Å²) >= 11 is 6.18. The summed E-state index contributed by atoms with van der Waals surface area (Å²) in [5, 5.41) is 7.91. The Kier molecular flexibility index (Phi) is 5.51. The van der Waals surface area contributed by atoms with Gasteiger partial charge in [0.1, 0.15) is 0 Å². The van der Waals surface area contributed by atoms with Gasteiger partial charge in [-0.15, -0.1) is 5.10 Å². The Morgan fingerprint density at radius 1 is 0.962 bits per heavy atom. The smallest absolute Gasteiger partial charge is 0.211 e. The molecule has 0 aliphatic rings. The number of benzene rings is 2. The highest BCUT2D eigenvalue weighted by Gasteiger charge is 2.05. The van der Waals surface area contributed by atoms with Gasteiger partial charge in [-0.25, -0.2) is 0 Å². The van der Waals surface area contributed by atoms with Crippen LogP contribution >= 0.6 is 11.6 Å². The molecular formula is C20H18ClN5. The van der Waals surface area contributed by atoms with Gasteiger partial charge in [-0.1, -0.05) is 54.1 Å². The zero-order chi connectivity index (χ0) is 18.4. The van der Waals surface area contributed by atoms with Crippen LogP contribution in [0.2, 0.25) is 5.02 Å². The predicted octanol–water partition coefficient (Wildman–Crippen LogP) is 4.07. The number of hydrogen-bond acceptors (Lipinski definition) is 2. The number of allylic oxidation sites excluding steroid dienone is 1. The summed E-state index contributed by atoms with van der Waals surface area (Å²) in [5.41, 5.74) is 14.7. The largest absolute Gasteiger partial charge is 0.369 e. The lowest BCUT2D eigenvalue weighted by Crippen LogP contribution is -2.21. The van der Waals surface area contributed by atoms with Crippen LogP contribution in [-0.4, -0.2) is 16.7 Å². The Hall–Kier alpha value is -3.31. The van der Waals surface area contributed by atoms with Gasteiger partial charge in [0, 0.05) is 23.8 Å². The van der Waals surface area contributed by atoms with Crippen LogP contribution in [0.3, 0.4) is 0 Å². The minimum atomic E-state index is -0.0837. The summed E-state index contributed by atoms with van der Waals surface area (Å²) in [5.74, 6) is -0.0837. The first-order chi connectivity index (χ1) is 12.6. The van der Waals surface area contributed by atoms with E-state index in [0.717, 1.165) is 16.9 Å². The van der Waals surface area contributed by atoms with E-state index in [-0.39, 0.29) is 5.96 Å². The summed E-state index contributed by atoms with van der Waals surface area (Å²) in [7, 11) is 0. The highest BCUT2D eigenvalue weighted by Crippen LogP contribution is 2.24. The third kappa shape index (κ3) is 4.40. The highest BCUT2D eigenvalue weighted by atomic mass is 35.5. The quantitative estimate of drug-likeness (QED) is 0.407. The molecule has 2 aromatic carbocycles. The average Bonchev–Trinajstić information content (AvgIpc) is 3.03. The van der Waals surface area contributed by atoms with Crippen molar-refractivity contribution in [2.24, 2.45) is 21.7 Å². The van der Waals surface area contributed by atoms with Crippen molar-refractivity contribution >= 4 is 29.9 Å². The summed E-state index contributed by atoms with van der Waals surface area (Å²) < 4.78 is 2.00. The Labute approximate surface area is 156 Å². The van der Waals surface area contributed by atoms with Gasteiger partial charge in [0.2, 0.25) is 5.96 Å². The lowest BCUT2D eigenvalue weighted by Gasteiger charge is -2.08. The molecule has 0 radical (unpaired) electrons. The normalized spacial score (nSPS) is 11.3. The van der Waals surface area contributed by atoms with Crippen molar-refractivity contribution in [1.29, 1.82) is 0 Å². The van der Waals surface area contributed by atoms with Crippen molar-refractivity contribution in [3.05, 3.63) is 83.7 Å². The van der Waals surface area contributed by atoms with Crippen LogP contribution in [0.4, 0.5) is 0 Å². The molecule has 6 heteroatoms. The Bertz CT molecular complexity index is 950. The van der Waals surface area contributed by atoms with Crippen molar-refractivity contribution in [3.8, 4) is 16.8 Å². The maximum atomic E-state index is 6.18. The topological polar surface area (TPSA) is 81.7 Å². The molecule has 5 nitrogen and oxygen atoms in total. The molecule has 0 atom stereocenters. The third-order valence-electron chi connectivity index (χ3n) is 3.66. The Morgan fingerprint density at radius 2 is 1.65 bits per heavy atom. The first kappa shape index (κ1) is 17.5. The minimum absolute atomic E-state index is 0.0837. The molecule has 1 heterocycles. The third-order valence-corrected chi connectivity index (χ3v) is 3.87. The second kappa shape index (κ2) is 8.18. The number of halogens is 1. The van der Waals surface area contributed by atoms with Crippen LogP contribution in [0.5, 0.6) is 0 Å². The van der Waals surface area contributed by atoms with E-state index < -0.39 is 0 Å². The van der Waals surface area contributed by atoms with Crippen molar-refractivity contribution in [2.75, 3.05) is 0 Å². The Balaban J connectivity index is 1.84. The molecule has 0 aliphatic carbocycles. The molecule has 0 saturated heterocycles. The maximum absolute atomic E-state index is 6.18. The van der Waals surface area contributed by atoms with Crippen LogP contribution in [0.25, 0.3) is 22.9 Å². The number of nitrogens with zero attached hydrogens (tertiary/aromatic N) is 3. The fourth-order valence-electron chi connectivity index (χ4n) is 2.52. The standard InChI is InChI=1S/C20H18ClN5/c21-17-13-19(7-4-12-24-25-20(22)23)26(14-17)18-10-8-16(9-11-18)15-5-2-1-3-6-15/h1-14H,(H4,22,23,25)/b7-4+,24-12+. The van der Waals surface area contributed by atoms with E-state index in [2.05, 4.69) is 46.6 Å². The van der Waals surface area contributed by atoms with Gasteiger partial charge in [-0.2, -0.15) is 5.10 Å². The molecule has 0 fully saturated rings. The minimum Gasteiger partial charge on any atom is -0.369 e. The second-order valence-electron chi connectivity index (χ2n) is 5.51. The molecule has 4 N–H and O–H groups in total. The number of rotatable bonds is 5. The molecular weight excluding hydrogens is 346 g/mol. The summed E-state index contributed by atoms with van der Waals surface area (Å²) in [6, 6.07) is 20.4. The van der Waals surface area contributed by atoms with E-state index in [0.29, 0.717) is 5.02 Å². The molecule has 0 bridgehead atoms. The van der Waals surface area contributed by atoms with Gasteiger partial charge in [0.25, 0.3) is 0 Å². The van der Waals surface area contributed by atoms with Crippen LogP contribution in [0.1, 0.15) is 5.69 Å². The van der Waals surface area contributed by atoms with Crippen molar-refractivity contribution < 1.29 is 0 Å². The summed E-state index contributed by atoms with van der Waals surface area (Å²) in [6.07, 6.45) is 6.99.